The molecule has 0 aromatic carbocycles. The van der Waals surface area contributed by atoms with Gasteiger partial charge in [0.15, 0.2) is 0 Å². The van der Waals surface area contributed by atoms with E-state index in [1.807, 2.05) is 0 Å². The standard InChI is InChI=1S/CH2O3.ClHO.Na/c2-1(3)4;1-2;/h(H2,2,3,4);2H;/q;;+1/p-1. The third-order valence-corrected chi connectivity index (χ3v) is 0. The Bertz CT molecular complexity index is 34.7. The van der Waals surface area contributed by atoms with Crippen molar-refractivity contribution in [3.63, 3.8) is 0 Å². The molecule has 0 amide bonds. The maximum Gasteiger partial charge on any atom is 1.00 e. The SMILES string of the molecule is O=C([O-])O.OCl.[Na+]. The minimum absolute atomic E-state index is 0. The maximum atomic E-state index is 8.44. The van der Waals surface area contributed by atoms with Crippen molar-refractivity contribution in [3.8, 4) is 0 Å². The van der Waals surface area contributed by atoms with Crippen LogP contribution in [-0.4, -0.2) is 15.9 Å². The summed E-state index contributed by atoms with van der Waals surface area (Å²) in [5.74, 6) is 0. The largest absolute Gasteiger partial charge is 1.00 e. The zero-order valence-electron chi connectivity index (χ0n) is 3.59. The molecule has 0 aliphatic rings. The molecule has 38 valence electrons. The van der Waals surface area contributed by atoms with Crippen molar-refractivity contribution >= 4 is 18.0 Å². The second kappa shape index (κ2) is 16.0. The Kier molecular flexibility index (Phi) is 35.8. The molecule has 0 aromatic heterocycles. The van der Waals surface area contributed by atoms with Crippen LogP contribution >= 0.6 is 11.9 Å². The van der Waals surface area contributed by atoms with Crippen molar-refractivity contribution < 1.29 is 49.2 Å². The van der Waals surface area contributed by atoms with Gasteiger partial charge in [0.2, 0.25) is 6.16 Å². The fraction of sp³-hybridized carbons (Fsp3) is 0. The molecular weight excluding hydrogens is 134 g/mol. The molecule has 7 heavy (non-hydrogen) atoms. The first kappa shape index (κ1) is 15.6. The summed E-state index contributed by atoms with van der Waals surface area (Å²) < 4.78 is 6.47. The van der Waals surface area contributed by atoms with Crippen LogP contribution in [0.3, 0.4) is 0 Å². The molecule has 0 fully saturated rings. The van der Waals surface area contributed by atoms with Crippen LogP contribution in [0.15, 0.2) is 0 Å². The second-order valence-electron chi connectivity index (χ2n) is 0.266. The van der Waals surface area contributed by atoms with E-state index in [1.54, 1.807) is 0 Å². The summed E-state index contributed by atoms with van der Waals surface area (Å²) in [7, 11) is 0. The average molecular weight is 136 g/mol. The van der Waals surface area contributed by atoms with Gasteiger partial charge in [0.1, 0.15) is 0 Å². The summed E-state index contributed by atoms with van der Waals surface area (Å²) in [6.07, 6.45) is -2.08. The van der Waals surface area contributed by atoms with E-state index in [0.29, 0.717) is 0 Å². The van der Waals surface area contributed by atoms with Crippen molar-refractivity contribution in [2.45, 2.75) is 0 Å². The van der Waals surface area contributed by atoms with Gasteiger partial charge in [-0.15, -0.1) is 0 Å². The van der Waals surface area contributed by atoms with Crippen LogP contribution < -0.4 is 34.7 Å². The van der Waals surface area contributed by atoms with Gasteiger partial charge in [0.25, 0.3) is 0 Å². The van der Waals surface area contributed by atoms with Crippen LogP contribution in [0.25, 0.3) is 0 Å². The third-order valence-electron chi connectivity index (χ3n) is 0. The second-order valence-corrected chi connectivity index (χ2v) is 0.266. The predicted octanol–water partition coefficient (Wildman–Crippen LogP) is -3.98. The molecule has 4 nitrogen and oxygen atoms in total. The minimum atomic E-state index is -2.08. The van der Waals surface area contributed by atoms with E-state index in [1.165, 1.54) is 0 Å². The Hall–Kier alpha value is 0.520. The van der Waals surface area contributed by atoms with Crippen molar-refractivity contribution in [2.24, 2.45) is 0 Å². The summed E-state index contributed by atoms with van der Waals surface area (Å²) in [6.45, 7) is 0. The zero-order valence-corrected chi connectivity index (χ0v) is 6.34. The van der Waals surface area contributed by atoms with Crippen molar-refractivity contribution in [1.82, 2.24) is 0 Å². The fourth-order valence-corrected chi connectivity index (χ4v) is 0. The third kappa shape index (κ3) is 493. The Labute approximate surface area is 67.2 Å². The van der Waals surface area contributed by atoms with Crippen LogP contribution in [0.5, 0.6) is 0 Å². The molecule has 0 rings (SSSR count). The van der Waals surface area contributed by atoms with Crippen LogP contribution in [0.2, 0.25) is 0 Å². The van der Waals surface area contributed by atoms with Gasteiger partial charge >= 0.3 is 29.6 Å². The number of carboxylic acid groups (broad SMARTS) is 2. The van der Waals surface area contributed by atoms with Crippen molar-refractivity contribution in [3.05, 3.63) is 0 Å². The van der Waals surface area contributed by atoms with Crippen LogP contribution in [0.1, 0.15) is 0 Å². The number of halogens is 1. The van der Waals surface area contributed by atoms with Gasteiger partial charge in [-0.3, -0.25) is 4.66 Å². The molecule has 0 saturated heterocycles. The average Bonchev–Trinajstić information content (AvgIpc) is 1.41. The van der Waals surface area contributed by atoms with E-state index in [9.17, 15) is 0 Å². The molecule has 0 aliphatic carbocycles. The smallest absolute Gasteiger partial charge is 0.565 e. The molecule has 0 bridgehead atoms. The number of rotatable bonds is 0. The molecule has 0 aromatic rings. The molecule has 0 atom stereocenters. The van der Waals surface area contributed by atoms with Gasteiger partial charge in [-0.1, -0.05) is 0 Å². The van der Waals surface area contributed by atoms with Gasteiger partial charge in [-0.05, 0) is 0 Å². The predicted molar refractivity (Wildman–Crippen MR) is 16.1 cm³/mol. The first-order valence-corrected chi connectivity index (χ1v) is 1.14. The molecule has 2 N–H and O–H groups in total. The number of hydrogen-bond donors (Lipinski definition) is 2. The normalized spacial score (nSPS) is 4.29. The van der Waals surface area contributed by atoms with E-state index in [4.69, 9.17) is 19.7 Å². The van der Waals surface area contributed by atoms with Crippen LogP contribution in [0.4, 0.5) is 4.79 Å². The van der Waals surface area contributed by atoms with E-state index < -0.39 is 6.16 Å². The van der Waals surface area contributed by atoms with Gasteiger partial charge < -0.3 is 15.0 Å². The summed E-state index contributed by atoms with van der Waals surface area (Å²) in [6, 6.07) is 0. The summed E-state index contributed by atoms with van der Waals surface area (Å²) in [5.41, 5.74) is 0. The molecule has 0 unspecified atom stereocenters. The fourth-order valence-electron chi connectivity index (χ4n) is 0. The van der Waals surface area contributed by atoms with Crippen molar-refractivity contribution in [2.75, 3.05) is 0 Å². The molecule has 0 aliphatic heterocycles. The first-order chi connectivity index (χ1) is 2.73. The van der Waals surface area contributed by atoms with Crippen LogP contribution in [-0.2, 0) is 0 Å². The van der Waals surface area contributed by atoms with Gasteiger partial charge in [-0.2, -0.15) is 0 Å². The Morgan fingerprint density at radius 3 is 1.57 bits per heavy atom. The number of carbonyl (C=O) groups is 1. The van der Waals surface area contributed by atoms with Gasteiger partial charge in [0.05, 0.1) is 11.9 Å². The summed E-state index contributed by atoms with van der Waals surface area (Å²) in [5, 5.41) is 15.3. The van der Waals surface area contributed by atoms with Crippen LogP contribution in [0, 0.1) is 0 Å². The first-order valence-electron chi connectivity index (χ1n) is 0.801. The monoisotopic (exact) mass is 136 g/mol. The quantitative estimate of drug-likeness (QED) is 0.333. The van der Waals surface area contributed by atoms with Gasteiger partial charge in [0, 0.05) is 0 Å². The van der Waals surface area contributed by atoms with E-state index >= 15 is 0 Å². The topological polar surface area (TPSA) is 80.6 Å². The van der Waals surface area contributed by atoms with E-state index in [-0.39, 0.29) is 29.6 Å². The molecule has 0 radical (unpaired) electrons. The van der Waals surface area contributed by atoms with Crippen molar-refractivity contribution in [1.29, 1.82) is 0 Å². The zero-order chi connectivity index (χ0) is 5.58. The Morgan fingerprint density at radius 2 is 1.57 bits per heavy atom. The Morgan fingerprint density at radius 1 is 1.57 bits per heavy atom. The molecule has 0 heterocycles. The van der Waals surface area contributed by atoms with E-state index in [0.717, 1.165) is 0 Å². The minimum Gasteiger partial charge on any atom is -0.565 e. The summed E-state index contributed by atoms with van der Waals surface area (Å²) >= 11 is 3.64. The van der Waals surface area contributed by atoms with E-state index in [2.05, 4.69) is 11.9 Å². The molecule has 6 heteroatoms. The number of hydrogen-bond acceptors (Lipinski definition) is 3. The van der Waals surface area contributed by atoms with Gasteiger partial charge in [-0.25, -0.2) is 0 Å². The Balaban J connectivity index is -0.0000000480. The maximum absolute atomic E-state index is 8.44. The molecular formula is CH2ClNaO4. The molecule has 0 spiro atoms. The summed E-state index contributed by atoms with van der Waals surface area (Å²) in [4.78, 5) is 8.44. The molecule has 0 saturated carbocycles.